The highest BCUT2D eigenvalue weighted by molar-refractivity contribution is 7.89. The Morgan fingerprint density at radius 3 is 2.40 bits per heavy atom. The molecule has 1 heterocycles. The van der Waals surface area contributed by atoms with Crippen LogP contribution in [0.1, 0.15) is 11.3 Å². The Bertz CT molecular complexity index is 675. The van der Waals surface area contributed by atoms with Crippen molar-refractivity contribution < 1.29 is 8.42 Å². The van der Waals surface area contributed by atoms with Gasteiger partial charge in [-0.05, 0) is 31.2 Å². The molecule has 7 heteroatoms. The number of nitrogens with zero attached hydrogens (tertiary/aromatic N) is 2. The number of hydrogen-bond acceptors (Lipinski definition) is 4. The smallest absolute Gasteiger partial charge is 0.242 e. The number of hydrogen-bond donors (Lipinski definition) is 2. The van der Waals surface area contributed by atoms with E-state index in [4.69, 9.17) is 0 Å². The Hall–Kier alpha value is -1.86. The van der Waals surface area contributed by atoms with E-state index in [1.807, 2.05) is 6.92 Å². The molecule has 1 aromatic carbocycles. The van der Waals surface area contributed by atoms with Gasteiger partial charge in [0.2, 0.25) is 10.0 Å². The minimum Gasteiger partial charge on any atom is -0.381 e. The van der Waals surface area contributed by atoms with Crippen LogP contribution in [-0.2, 0) is 16.6 Å². The molecule has 20 heavy (non-hydrogen) atoms. The van der Waals surface area contributed by atoms with Gasteiger partial charge in [0, 0.05) is 37.6 Å². The molecular weight excluding hydrogens is 276 g/mol. The SMILES string of the molecule is Cc1[nH]ncc1CNc1ccc(S(=O)(=O)N(C)C)cc1. The monoisotopic (exact) mass is 294 g/mol. The van der Waals surface area contributed by atoms with Crippen molar-refractivity contribution >= 4 is 15.7 Å². The highest BCUT2D eigenvalue weighted by Crippen LogP contribution is 2.17. The lowest BCUT2D eigenvalue weighted by molar-refractivity contribution is 0.521. The molecule has 0 aliphatic rings. The lowest BCUT2D eigenvalue weighted by atomic mass is 10.2. The third-order valence-electron chi connectivity index (χ3n) is 3.05. The molecule has 0 fully saturated rings. The Kier molecular flexibility index (Phi) is 4.10. The summed E-state index contributed by atoms with van der Waals surface area (Å²) in [7, 11) is -0.334. The molecule has 0 saturated heterocycles. The van der Waals surface area contributed by atoms with Crippen molar-refractivity contribution in [2.45, 2.75) is 18.4 Å². The summed E-state index contributed by atoms with van der Waals surface area (Å²) < 4.78 is 25.0. The summed E-state index contributed by atoms with van der Waals surface area (Å²) in [6.45, 7) is 2.60. The van der Waals surface area contributed by atoms with Crippen molar-refractivity contribution in [2.24, 2.45) is 0 Å². The number of H-pyrrole nitrogens is 1. The molecule has 0 amide bonds. The third kappa shape index (κ3) is 3.00. The van der Waals surface area contributed by atoms with Gasteiger partial charge in [-0.15, -0.1) is 0 Å². The molecule has 0 radical (unpaired) electrons. The van der Waals surface area contributed by atoms with Gasteiger partial charge in [-0.25, -0.2) is 12.7 Å². The standard InChI is InChI=1S/C13H18N4O2S/c1-10-11(9-15-16-10)8-14-12-4-6-13(7-5-12)20(18,19)17(2)3/h4-7,9,14H,8H2,1-3H3,(H,15,16). The minimum absolute atomic E-state index is 0.285. The van der Waals surface area contributed by atoms with Gasteiger partial charge in [0.15, 0.2) is 0 Å². The summed E-state index contributed by atoms with van der Waals surface area (Å²) >= 11 is 0. The molecule has 0 saturated carbocycles. The van der Waals surface area contributed by atoms with Gasteiger partial charge in [-0.3, -0.25) is 5.10 Å². The highest BCUT2D eigenvalue weighted by atomic mass is 32.2. The number of nitrogens with one attached hydrogen (secondary N) is 2. The van der Waals surface area contributed by atoms with E-state index in [2.05, 4.69) is 15.5 Å². The van der Waals surface area contributed by atoms with E-state index in [0.717, 1.165) is 16.9 Å². The van der Waals surface area contributed by atoms with E-state index in [-0.39, 0.29) is 4.90 Å². The first-order valence-corrected chi connectivity index (χ1v) is 7.60. The zero-order valence-electron chi connectivity index (χ0n) is 11.7. The van der Waals surface area contributed by atoms with Crippen LogP contribution in [0.5, 0.6) is 0 Å². The summed E-state index contributed by atoms with van der Waals surface area (Å²) in [6.07, 6.45) is 1.77. The number of aromatic amines is 1. The molecule has 0 unspecified atom stereocenters. The lowest BCUT2D eigenvalue weighted by Gasteiger charge is -2.12. The predicted molar refractivity (Wildman–Crippen MR) is 78.0 cm³/mol. The van der Waals surface area contributed by atoms with E-state index in [1.165, 1.54) is 18.4 Å². The van der Waals surface area contributed by atoms with Crippen LogP contribution in [-0.4, -0.2) is 37.0 Å². The Morgan fingerprint density at radius 2 is 1.90 bits per heavy atom. The number of sulfonamides is 1. The van der Waals surface area contributed by atoms with E-state index >= 15 is 0 Å². The second-order valence-electron chi connectivity index (χ2n) is 4.69. The molecule has 0 aliphatic carbocycles. The quantitative estimate of drug-likeness (QED) is 0.877. The van der Waals surface area contributed by atoms with E-state index in [0.29, 0.717) is 6.54 Å². The van der Waals surface area contributed by atoms with Crippen molar-refractivity contribution in [3.63, 3.8) is 0 Å². The van der Waals surface area contributed by atoms with Crippen LogP contribution >= 0.6 is 0 Å². The van der Waals surface area contributed by atoms with Gasteiger partial charge in [-0.1, -0.05) is 0 Å². The Labute approximate surface area is 118 Å². The summed E-state index contributed by atoms with van der Waals surface area (Å²) in [4.78, 5) is 0.285. The van der Waals surface area contributed by atoms with Crippen molar-refractivity contribution in [3.8, 4) is 0 Å². The molecule has 0 bridgehead atoms. The molecule has 0 aliphatic heterocycles. The van der Waals surface area contributed by atoms with Crippen LogP contribution in [0.15, 0.2) is 35.4 Å². The third-order valence-corrected chi connectivity index (χ3v) is 4.88. The topological polar surface area (TPSA) is 78.1 Å². The van der Waals surface area contributed by atoms with Crippen LogP contribution < -0.4 is 5.32 Å². The van der Waals surface area contributed by atoms with Gasteiger partial charge in [-0.2, -0.15) is 5.10 Å². The summed E-state index contributed by atoms with van der Waals surface area (Å²) in [6, 6.07) is 6.71. The number of aryl methyl sites for hydroxylation is 1. The first kappa shape index (κ1) is 14.5. The maximum atomic E-state index is 11.9. The second-order valence-corrected chi connectivity index (χ2v) is 6.84. The number of benzene rings is 1. The van der Waals surface area contributed by atoms with Crippen LogP contribution in [0.2, 0.25) is 0 Å². The molecule has 0 atom stereocenters. The van der Waals surface area contributed by atoms with E-state index in [1.54, 1.807) is 30.5 Å². The zero-order chi connectivity index (χ0) is 14.8. The normalized spacial score (nSPS) is 11.8. The summed E-state index contributed by atoms with van der Waals surface area (Å²) in [5.41, 5.74) is 2.96. The fraction of sp³-hybridized carbons (Fsp3) is 0.308. The molecule has 2 rings (SSSR count). The predicted octanol–water partition coefficient (Wildman–Crippen LogP) is 1.58. The number of anilines is 1. The van der Waals surface area contributed by atoms with Gasteiger partial charge >= 0.3 is 0 Å². The number of aromatic nitrogens is 2. The van der Waals surface area contributed by atoms with Crippen LogP contribution in [0.3, 0.4) is 0 Å². The molecule has 2 aromatic rings. The number of rotatable bonds is 5. The Morgan fingerprint density at radius 1 is 1.25 bits per heavy atom. The van der Waals surface area contributed by atoms with Crippen molar-refractivity contribution in [2.75, 3.05) is 19.4 Å². The molecule has 2 N–H and O–H groups in total. The van der Waals surface area contributed by atoms with Gasteiger partial charge < -0.3 is 5.32 Å². The van der Waals surface area contributed by atoms with E-state index < -0.39 is 10.0 Å². The Balaban J connectivity index is 2.08. The highest BCUT2D eigenvalue weighted by Gasteiger charge is 2.16. The molecule has 1 aromatic heterocycles. The van der Waals surface area contributed by atoms with Crippen molar-refractivity contribution in [1.29, 1.82) is 0 Å². The average molecular weight is 294 g/mol. The van der Waals surface area contributed by atoms with Gasteiger partial charge in [0.25, 0.3) is 0 Å². The van der Waals surface area contributed by atoms with Crippen molar-refractivity contribution in [1.82, 2.24) is 14.5 Å². The second kappa shape index (κ2) is 5.64. The first-order chi connectivity index (χ1) is 9.41. The summed E-state index contributed by atoms with van der Waals surface area (Å²) in [5, 5.41) is 10.0. The van der Waals surface area contributed by atoms with Crippen LogP contribution in [0, 0.1) is 6.92 Å². The minimum atomic E-state index is -3.37. The van der Waals surface area contributed by atoms with Crippen LogP contribution in [0.4, 0.5) is 5.69 Å². The fourth-order valence-electron chi connectivity index (χ4n) is 1.71. The largest absolute Gasteiger partial charge is 0.381 e. The fourth-order valence-corrected chi connectivity index (χ4v) is 2.61. The van der Waals surface area contributed by atoms with Crippen LogP contribution in [0.25, 0.3) is 0 Å². The summed E-state index contributed by atoms with van der Waals surface area (Å²) in [5.74, 6) is 0. The van der Waals surface area contributed by atoms with E-state index in [9.17, 15) is 8.42 Å². The lowest BCUT2D eigenvalue weighted by Crippen LogP contribution is -2.22. The molecule has 6 nitrogen and oxygen atoms in total. The molecule has 0 spiro atoms. The average Bonchev–Trinajstić information content (AvgIpc) is 2.82. The molecular formula is C13H18N4O2S. The van der Waals surface area contributed by atoms with Gasteiger partial charge in [0.05, 0.1) is 11.1 Å². The maximum absolute atomic E-state index is 11.9. The molecule has 108 valence electrons. The zero-order valence-corrected chi connectivity index (χ0v) is 12.5. The maximum Gasteiger partial charge on any atom is 0.242 e. The van der Waals surface area contributed by atoms with Gasteiger partial charge in [0.1, 0.15) is 0 Å². The first-order valence-electron chi connectivity index (χ1n) is 6.16. The van der Waals surface area contributed by atoms with Crippen molar-refractivity contribution in [3.05, 3.63) is 41.7 Å².